The van der Waals surface area contributed by atoms with Gasteiger partial charge in [0.05, 0.1) is 10.9 Å². The highest BCUT2D eigenvalue weighted by Crippen LogP contribution is 2.46. The first kappa shape index (κ1) is 16.4. The first-order valence-electron chi connectivity index (χ1n) is 8.78. The molecule has 0 radical (unpaired) electrons. The quantitative estimate of drug-likeness (QED) is 0.835. The number of hydrogen-bond acceptors (Lipinski definition) is 5. The lowest BCUT2D eigenvalue weighted by molar-refractivity contribution is -0.0119. The topological polar surface area (TPSA) is 51.7 Å². The molecule has 1 atom stereocenters. The highest BCUT2D eigenvalue weighted by Gasteiger charge is 2.51. The van der Waals surface area contributed by atoms with E-state index in [1.54, 1.807) is 12.3 Å². The molecule has 1 aromatic heterocycles. The minimum atomic E-state index is 0.0494. The van der Waals surface area contributed by atoms with Crippen LogP contribution in [0.2, 0.25) is 0 Å². The summed E-state index contributed by atoms with van der Waals surface area (Å²) in [6.07, 6.45) is 5.32. The third-order valence-electron chi connectivity index (χ3n) is 5.21. The molecule has 4 rings (SSSR count). The molecular weight excluding hydrogens is 324 g/mol. The maximum Gasteiger partial charge on any atom is 0.272 e. The van der Waals surface area contributed by atoms with Crippen molar-refractivity contribution in [3.63, 3.8) is 0 Å². The van der Waals surface area contributed by atoms with Crippen molar-refractivity contribution < 1.29 is 14.3 Å². The highest BCUT2D eigenvalue weighted by molar-refractivity contribution is 8.01. The van der Waals surface area contributed by atoms with Crippen LogP contribution in [-0.2, 0) is 9.47 Å². The first-order valence-corrected chi connectivity index (χ1v) is 9.76. The van der Waals surface area contributed by atoms with Crippen molar-refractivity contribution in [3.05, 3.63) is 30.1 Å². The smallest absolute Gasteiger partial charge is 0.272 e. The fourth-order valence-corrected chi connectivity index (χ4v) is 5.31. The molecule has 130 valence electrons. The Hall–Kier alpha value is -1.11. The minimum absolute atomic E-state index is 0.0494. The Morgan fingerprint density at radius 1 is 1.38 bits per heavy atom. The van der Waals surface area contributed by atoms with E-state index in [2.05, 4.69) is 4.98 Å². The van der Waals surface area contributed by atoms with Crippen LogP contribution in [0.1, 0.15) is 29.8 Å². The van der Waals surface area contributed by atoms with Gasteiger partial charge in [-0.1, -0.05) is 6.07 Å². The van der Waals surface area contributed by atoms with Crippen LogP contribution in [0.3, 0.4) is 0 Å². The number of hydrogen-bond donors (Lipinski definition) is 0. The van der Waals surface area contributed by atoms with E-state index >= 15 is 0 Å². The number of rotatable bonds is 4. The second kappa shape index (κ2) is 7.02. The number of carbonyl (C=O) groups excluding carboxylic acids is 1. The Balaban J connectivity index is 1.23. The van der Waals surface area contributed by atoms with Gasteiger partial charge in [0, 0.05) is 44.9 Å². The van der Waals surface area contributed by atoms with Crippen molar-refractivity contribution in [1.82, 2.24) is 9.88 Å². The summed E-state index contributed by atoms with van der Waals surface area (Å²) in [6, 6.07) is 5.48. The lowest BCUT2D eigenvalue weighted by Crippen LogP contribution is -2.60. The van der Waals surface area contributed by atoms with Crippen LogP contribution in [0.15, 0.2) is 24.4 Å². The van der Waals surface area contributed by atoms with Crippen molar-refractivity contribution in [2.45, 2.75) is 30.1 Å². The van der Waals surface area contributed by atoms with Crippen LogP contribution in [0.25, 0.3) is 0 Å². The molecule has 0 bridgehead atoms. The zero-order chi connectivity index (χ0) is 16.4. The summed E-state index contributed by atoms with van der Waals surface area (Å²) in [7, 11) is 0. The van der Waals surface area contributed by atoms with Gasteiger partial charge in [-0.25, -0.2) is 0 Å². The van der Waals surface area contributed by atoms with Crippen LogP contribution in [-0.4, -0.2) is 65.3 Å². The summed E-state index contributed by atoms with van der Waals surface area (Å²) in [5.74, 6) is 1.76. The van der Waals surface area contributed by atoms with Gasteiger partial charge < -0.3 is 14.4 Å². The predicted octanol–water partition coefficient (Wildman–Crippen LogP) is 2.22. The molecule has 1 unspecified atom stereocenters. The van der Waals surface area contributed by atoms with Gasteiger partial charge in [-0.05, 0) is 37.3 Å². The number of aromatic nitrogens is 1. The molecule has 1 amide bonds. The van der Waals surface area contributed by atoms with Crippen molar-refractivity contribution in [2.24, 2.45) is 5.92 Å². The Labute approximate surface area is 147 Å². The fraction of sp³-hybridized carbons (Fsp3) is 0.667. The van der Waals surface area contributed by atoms with Crippen LogP contribution in [0.4, 0.5) is 0 Å². The zero-order valence-corrected chi connectivity index (χ0v) is 14.7. The third-order valence-corrected chi connectivity index (χ3v) is 6.79. The molecule has 1 aromatic rings. The Bertz CT molecular complexity index is 571. The second-order valence-electron chi connectivity index (χ2n) is 7.09. The molecule has 0 aliphatic carbocycles. The van der Waals surface area contributed by atoms with Gasteiger partial charge in [-0.2, -0.15) is 0 Å². The summed E-state index contributed by atoms with van der Waals surface area (Å²) in [4.78, 5) is 18.5. The van der Waals surface area contributed by atoms with Crippen molar-refractivity contribution in [2.75, 3.05) is 38.7 Å². The van der Waals surface area contributed by atoms with Crippen LogP contribution < -0.4 is 0 Å². The minimum Gasteiger partial charge on any atom is -0.381 e. The van der Waals surface area contributed by atoms with E-state index in [-0.39, 0.29) is 10.7 Å². The molecular formula is C18H24N2O3S. The molecule has 0 N–H and O–H groups in total. The van der Waals surface area contributed by atoms with E-state index < -0.39 is 0 Å². The number of likely N-dealkylation sites (tertiary alicyclic amines) is 1. The average Bonchev–Trinajstić information content (AvgIpc) is 3.04. The van der Waals surface area contributed by atoms with Gasteiger partial charge in [0.2, 0.25) is 0 Å². The Morgan fingerprint density at radius 2 is 2.21 bits per heavy atom. The lowest BCUT2D eigenvalue weighted by Gasteiger charge is -2.47. The molecule has 5 nitrogen and oxygen atoms in total. The van der Waals surface area contributed by atoms with E-state index in [1.165, 1.54) is 0 Å². The number of nitrogens with zero attached hydrogens (tertiary/aromatic N) is 2. The Kier molecular flexibility index (Phi) is 4.79. The standard InChI is InChI=1S/C18H24N2O3S/c21-17(16-3-1-2-6-19-16)20-12-18(13-20)9-15(11-24-18)23-10-14-4-7-22-8-5-14/h1-3,6,14-15H,4-5,7-13H2. The van der Waals surface area contributed by atoms with Crippen LogP contribution in [0.5, 0.6) is 0 Å². The zero-order valence-electron chi connectivity index (χ0n) is 13.9. The monoisotopic (exact) mass is 348 g/mol. The number of amides is 1. The largest absolute Gasteiger partial charge is 0.381 e. The average molecular weight is 348 g/mol. The van der Waals surface area contributed by atoms with Crippen molar-refractivity contribution >= 4 is 17.7 Å². The molecule has 0 saturated carbocycles. The molecule has 3 aliphatic heterocycles. The van der Waals surface area contributed by atoms with Crippen molar-refractivity contribution in [3.8, 4) is 0 Å². The predicted molar refractivity (Wildman–Crippen MR) is 93.2 cm³/mol. The molecule has 6 heteroatoms. The van der Waals surface area contributed by atoms with Gasteiger partial charge in [0.25, 0.3) is 5.91 Å². The maximum atomic E-state index is 12.4. The number of pyridine rings is 1. The molecule has 3 fully saturated rings. The van der Waals surface area contributed by atoms with E-state index in [0.29, 0.717) is 17.7 Å². The van der Waals surface area contributed by atoms with E-state index in [9.17, 15) is 4.79 Å². The van der Waals surface area contributed by atoms with Crippen LogP contribution >= 0.6 is 11.8 Å². The third kappa shape index (κ3) is 3.46. The molecule has 3 aliphatic rings. The molecule has 3 saturated heterocycles. The fourth-order valence-electron chi connectivity index (χ4n) is 3.76. The summed E-state index contributed by atoms with van der Waals surface area (Å²) in [6.45, 7) is 4.26. The maximum absolute atomic E-state index is 12.4. The van der Waals surface area contributed by atoms with Gasteiger partial charge >= 0.3 is 0 Å². The Morgan fingerprint density at radius 3 is 2.96 bits per heavy atom. The van der Waals surface area contributed by atoms with E-state index in [0.717, 1.165) is 57.9 Å². The van der Waals surface area contributed by atoms with E-state index in [1.807, 2.05) is 28.8 Å². The van der Waals surface area contributed by atoms with Gasteiger partial charge in [0.1, 0.15) is 5.69 Å². The van der Waals surface area contributed by atoms with Gasteiger partial charge in [-0.3, -0.25) is 9.78 Å². The summed E-state index contributed by atoms with van der Waals surface area (Å²) in [5.41, 5.74) is 0.544. The van der Waals surface area contributed by atoms with E-state index in [4.69, 9.17) is 9.47 Å². The first-order chi connectivity index (χ1) is 11.7. The van der Waals surface area contributed by atoms with Gasteiger partial charge in [-0.15, -0.1) is 11.8 Å². The summed E-state index contributed by atoms with van der Waals surface area (Å²) >= 11 is 1.98. The second-order valence-corrected chi connectivity index (χ2v) is 8.57. The molecule has 4 heterocycles. The molecule has 24 heavy (non-hydrogen) atoms. The summed E-state index contributed by atoms with van der Waals surface area (Å²) in [5, 5.41) is 0. The van der Waals surface area contributed by atoms with Crippen molar-refractivity contribution in [1.29, 1.82) is 0 Å². The number of carbonyl (C=O) groups is 1. The number of thioether (sulfide) groups is 1. The number of ether oxygens (including phenoxy) is 2. The highest BCUT2D eigenvalue weighted by atomic mass is 32.2. The SMILES string of the molecule is O=C(c1ccccn1)N1CC2(CC(OCC3CCOCC3)CS2)C1. The van der Waals surface area contributed by atoms with Gasteiger partial charge in [0.15, 0.2) is 0 Å². The van der Waals surface area contributed by atoms with Crippen LogP contribution in [0, 0.1) is 5.92 Å². The molecule has 1 spiro atoms. The normalized spacial score (nSPS) is 26.5. The lowest BCUT2D eigenvalue weighted by atomic mass is 9.92. The molecule has 0 aromatic carbocycles. The summed E-state index contributed by atoms with van der Waals surface area (Å²) < 4.78 is 11.8.